The van der Waals surface area contributed by atoms with Crippen LogP contribution in [0.2, 0.25) is 0 Å². The Bertz CT molecular complexity index is 309. The minimum atomic E-state index is -0.0267. The van der Waals surface area contributed by atoms with E-state index in [1.165, 1.54) is 0 Å². The van der Waals surface area contributed by atoms with Gasteiger partial charge < -0.3 is 15.2 Å². The summed E-state index contributed by atoms with van der Waals surface area (Å²) in [5.41, 5.74) is 0.674. The first-order valence-corrected chi connectivity index (χ1v) is 5.12. The Balaban J connectivity index is 2.18. The lowest BCUT2D eigenvalue weighted by Crippen LogP contribution is -2.32. The molecule has 0 unspecified atom stereocenters. The minimum absolute atomic E-state index is 0.0267. The highest BCUT2D eigenvalue weighted by atomic mass is 16.5. The van der Waals surface area contributed by atoms with Crippen molar-refractivity contribution in [2.75, 3.05) is 19.6 Å². The average Bonchev–Trinajstić information content (AvgIpc) is 2.59. The molecule has 1 rings (SSSR count). The molecular formula is C10H17N3O2. The average molecular weight is 211 g/mol. The van der Waals surface area contributed by atoms with Gasteiger partial charge in [-0.25, -0.2) is 0 Å². The van der Waals surface area contributed by atoms with Crippen molar-refractivity contribution in [2.24, 2.45) is 0 Å². The second-order valence-electron chi connectivity index (χ2n) is 3.31. The van der Waals surface area contributed by atoms with Crippen molar-refractivity contribution in [1.29, 1.82) is 0 Å². The van der Waals surface area contributed by atoms with Gasteiger partial charge in [0.1, 0.15) is 5.76 Å². The fourth-order valence-electron chi connectivity index (χ4n) is 1.20. The van der Waals surface area contributed by atoms with E-state index < -0.39 is 0 Å². The Morgan fingerprint density at radius 3 is 2.93 bits per heavy atom. The molecule has 1 amide bonds. The van der Waals surface area contributed by atoms with Crippen molar-refractivity contribution in [1.82, 2.24) is 15.8 Å². The van der Waals surface area contributed by atoms with Gasteiger partial charge in [-0.1, -0.05) is 12.1 Å². The predicted octanol–water partition coefficient (Wildman–Crippen LogP) is 0.251. The molecule has 0 saturated heterocycles. The molecule has 0 radical (unpaired) electrons. The van der Waals surface area contributed by atoms with Crippen LogP contribution in [0.1, 0.15) is 18.4 Å². The molecule has 0 aliphatic heterocycles. The fourth-order valence-corrected chi connectivity index (χ4v) is 1.20. The first-order chi connectivity index (χ1) is 7.22. The molecule has 0 saturated carbocycles. The molecule has 5 nitrogen and oxygen atoms in total. The molecule has 0 fully saturated rings. The summed E-state index contributed by atoms with van der Waals surface area (Å²) in [7, 11) is 0. The van der Waals surface area contributed by atoms with Gasteiger partial charge in [0, 0.05) is 19.2 Å². The molecule has 1 aromatic rings. The second-order valence-corrected chi connectivity index (χ2v) is 3.31. The Morgan fingerprint density at radius 2 is 2.33 bits per heavy atom. The summed E-state index contributed by atoms with van der Waals surface area (Å²) in [6.45, 7) is 6.18. The maximum absolute atomic E-state index is 11.4. The number of carbonyl (C=O) groups excluding carboxylic acids is 1. The SMILES string of the molecule is CCNCCNC(=O)Cc1cc(C)on1. The largest absolute Gasteiger partial charge is 0.361 e. The number of hydrogen-bond acceptors (Lipinski definition) is 4. The van der Waals surface area contributed by atoms with E-state index in [9.17, 15) is 4.79 Å². The summed E-state index contributed by atoms with van der Waals surface area (Å²) in [5, 5.41) is 9.66. The van der Waals surface area contributed by atoms with Crippen LogP contribution in [-0.2, 0) is 11.2 Å². The van der Waals surface area contributed by atoms with Crippen molar-refractivity contribution < 1.29 is 9.32 Å². The van der Waals surface area contributed by atoms with Crippen molar-refractivity contribution in [2.45, 2.75) is 20.3 Å². The van der Waals surface area contributed by atoms with E-state index in [2.05, 4.69) is 15.8 Å². The van der Waals surface area contributed by atoms with Crippen LogP contribution in [-0.4, -0.2) is 30.7 Å². The topological polar surface area (TPSA) is 67.2 Å². The number of aromatic nitrogens is 1. The number of carbonyl (C=O) groups is 1. The van der Waals surface area contributed by atoms with Gasteiger partial charge in [-0.05, 0) is 13.5 Å². The van der Waals surface area contributed by atoms with Crippen LogP contribution in [0.25, 0.3) is 0 Å². The smallest absolute Gasteiger partial charge is 0.226 e. The number of aryl methyl sites for hydroxylation is 1. The lowest BCUT2D eigenvalue weighted by atomic mass is 10.3. The van der Waals surface area contributed by atoms with E-state index in [0.717, 1.165) is 18.8 Å². The number of amides is 1. The molecule has 0 spiro atoms. The maximum atomic E-state index is 11.4. The highest BCUT2D eigenvalue weighted by Gasteiger charge is 2.06. The first kappa shape index (κ1) is 11.7. The van der Waals surface area contributed by atoms with Gasteiger partial charge in [-0.15, -0.1) is 0 Å². The summed E-state index contributed by atoms with van der Waals surface area (Å²) in [5.74, 6) is 0.701. The number of nitrogens with one attached hydrogen (secondary N) is 2. The molecular weight excluding hydrogens is 194 g/mol. The van der Waals surface area contributed by atoms with Gasteiger partial charge >= 0.3 is 0 Å². The van der Waals surface area contributed by atoms with Crippen LogP contribution in [0, 0.1) is 6.92 Å². The summed E-state index contributed by atoms with van der Waals surface area (Å²) in [6, 6.07) is 1.77. The number of hydrogen-bond donors (Lipinski definition) is 2. The zero-order valence-electron chi connectivity index (χ0n) is 9.17. The van der Waals surface area contributed by atoms with Crippen LogP contribution < -0.4 is 10.6 Å². The van der Waals surface area contributed by atoms with E-state index >= 15 is 0 Å². The summed E-state index contributed by atoms with van der Waals surface area (Å²) < 4.78 is 4.87. The van der Waals surface area contributed by atoms with Crippen LogP contribution in [0.3, 0.4) is 0 Å². The highest BCUT2D eigenvalue weighted by Crippen LogP contribution is 2.01. The predicted molar refractivity (Wildman–Crippen MR) is 56.5 cm³/mol. The minimum Gasteiger partial charge on any atom is -0.361 e. The first-order valence-electron chi connectivity index (χ1n) is 5.12. The molecule has 5 heteroatoms. The molecule has 1 heterocycles. The van der Waals surface area contributed by atoms with Gasteiger partial charge in [-0.2, -0.15) is 0 Å². The lowest BCUT2D eigenvalue weighted by molar-refractivity contribution is -0.120. The summed E-state index contributed by atoms with van der Waals surface area (Å²) >= 11 is 0. The monoisotopic (exact) mass is 211 g/mol. The van der Waals surface area contributed by atoms with Gasteiger partial charge in [0.25, 0.3) is 0 Å². The van der Waals surface area contributed by atoms with Crippen molar-refractivity contribution >= 4 is 5.91 Å². The van der Waals surface area contributed by atoms with Crippen molar-refractivity contribution in [3.05, 3.63) is 17.5 Å². The number of rotatable bonds is 6. The molecule has 1 aromatic heterocycles. The Hall–Kier alpha value is -1.36. The molecule has 0 aromatic carbocycles. The van der Waals surface area contributed by atoms with Crippen molar-refractivity contribution in [3.8, 4) is 0 Å². The van der Waals surface area contributed by atoms with Gasteiger partial charge in [0.2, 0.25) is 5.91 Å². The third-order valence-corrected chi connectivity index (χ3v) is 1.89. The van der Waals surface area contributed by atoms with Gasteiger partial charge in [0.15, 0.2) is 0 Å². The lowest BCUT2D eigenvalue weighted by Gasteiger charge is -2.03. The zero-order chi connectivity index (χ0) is 11.1. The number of likely N-dealkylation sites (N-methyl/N-ethyl adjacent to an activating group) is 1. The molecule has 0 aliphatic rings. The van der Waals surface area contributed by atoms with Crippen LogP contribution in [0.5, 0.6) is 0 Å². The molecule has 0 bridgehead atoms. The van der Waals surface area contributed by atoms with Crippen molar-refractivity contribution in [3.63, 3.8) is 0 Å². The van der Waals surface area contributed by atoms with Gasteiger partial charge in [-0.3, -0.25) is 4.79 Å². The van der Waals surface area contributed by atoms with E-state index in [0.29, 0.717) is 12.2 Å². The van der Waals surface area contributed by atoms with Crippen LogP contribution in [0.15, 0.2) is 10.6 Å². The van der Waals surface area contributed by atoms with Gasteiger partial charge in [0.05, 0.1) is 12.1 Å². The molecule has 84 valence electrons. The number of nitrogens with zero attached hydrogens (tertiary/aromatic N) is 1. The fraction of sp³-hybridized carbons (Fsp3) is 0.600. The normalized spacial score (nSPS) is 10.3. The molecule has 0 atom stereocenters. The summed E-state index contributed by atoms with van der Waals surface area (Å²) in [6.07, 6.45) is 0.281. The quantitative estimate of drug-likeness (QED) is 0.662. The Labute approximate surface area is 89.2 Å². The van der Waals surface area contributed by atoms with E-state index in [-0.39, 0.29) is 12.3 Å². The second kappa shape index (κ2) is 6.19. The van der Waals surface area contributed by atoms with Crippen LogP contribution in [0.4, 0.5) is 0 Å². The third-order valence-electron chi connectivity index (χ3n) is 1.89. The Morgan fingerprint density at radius 1 is 1.53 bits per heavy atom. The zero-order valence-corrected chi connectivity index (χ0v) is 9.17. The highest BCUT2D eigenvalue weighted by molar-refractivity contribution is 5.78. The Kier molecular flexibility index (Phi) is 4.83. The van der Waals surface area contributed by atoms with E-state index in [1.54, 1.807) is 13.0 Å². The maximum Gasteiger partial charge on any atom is 0.226 e. The standard InChI is InChI=1S/C10H17N3O2/c1-3-11-4-5-12-10(14)7-9-6-8(2)15-13-9/h6,11H,3-5,7H2,1-2H3,(H,12,14). The van der Waals surface area contributed by atoms with E-state index in [1.807, 2.05) is 6.92 Å². The third kappa shape index (κ3) is 4.60. The summed E-state index contributed by atoms with van der Waals surface area (Å²) in [4.78, 5) is 11.4. The van der Waals surface area contributed by atoms with E-state index in [4.69, 9.17) is 4.52 Å². The molecule has 2 N–H and O–H groups in total. The van der Waals surface area contributed by atoms with Crippen LogP contribution >= 0.6 is 0 Å². The molecule has 0 aliphatic carbocycles. The molecule has 15 heavy (non-hydrogen) atoms.